The Morgan fingerprint density at radius 2 is 2.00 bits per heavy atom. The molecule has 1 aliphatic rings. The quantitative estimate of drug-likeness (QED) is 0.801. The van der Waals surface area contributed by atoms with Crippen LogP contribution in [0.15, 0.2) is 47.1 Å². The molecule has 0 bridgehead atoms. The SMILES string of the molecule is NC(=O)c1cnccc1N1CCC(c2nc3ccccc3o2)CC1. The molecule has 1 saturated heterocycles. The standard InChI is InChI=1S/C18H18N4O2/c19-17(23)13-11-20-8-5-15(13)22-9-6-12(7-10-22)18-21-14-3-1-2-4-16(14)24-18/h1-5,8,11-12H,6-7,9-10H2,(H2,19,23). The van der Waals surface area contributed by atoms with Crippen molar-refractivity contribution in [2.45, 2.75) is 18.8 Å². The normalized spacial score (nSPS) is 15.8. The minimum atomic E-state index is -0.445. The van der Waals surface area contributed by atoms with Gasteiger partial charge in [0.05, 0.1) is 11.3 Å². The van der Waals surface area contributed by atoms with E-state index in [4.69, 9.17) is 10.2 Å². The molecule has 1 fully saturated rings. The zero-order valence-electron chi connectivity index (χ0n) is 13.2. The molecular weight excluding hydrogens is 304 g/mol. The average molecular weight is 322 g/mol. The fourth-order valence-corrected chi connectivity index (χ4v) is 3.28. The highest BCUT2D eigenvalue weighted by molar-refractivity contribution is 5.98. The fourth-order valence-electron chi connectivity index (χ4n) is 3.28. The van der Waals surface area contributed by atoms with Crippen LogP contribution in [0.5, 0.6) is 0 Å². The van der Waals surface area contributed by atoms with Gasteiger partial charge < -0.3 is 15.1 Å². The summed E-state index contributed by atoms with van der Waals surface area (Å²) in [7, 11) is 0. The number of fused-ring (bicyclic) bond motifs is 1. The van der Waals surface area contributed by atoms with Gasteiger partial charge in [0, 0.05) is 31.4 Å². The van der Waals surface area contributed by atoms with Gasteiger partial charge in [-0.15, -0.1) is 0 Å². The first kappa shape index (κ1) is 14.7. The molecule has 2 N–H and O–H groups in total. The highest BCUT2D eigenvalue weighted by Crippen LogP contribution is 2.32. The van der Waals surface area contributed by atoms with Gasteiger partial charge in [-0.05, 0) is 31.0 Å². The second-order valence-corrected chi connectivity index (χ2v) is 6.04. The number of benzene rings is 1. The van der Waals surface area contributed by atoms with E-state index in [2.05, 4.69) is 14.9 Å². The number of hydrogen-bond acceptors (Lipinski definition) is 5. The summed E-state index contributed by atoms with van der Waals surface area (Å²) in [4.78, 5) is 22.4. The molecule has 6 nitrogen and oxygen atoms in total. The van der Waals surface area contributed by atoms with Gasteiger partial charge in [0.2, 0.25) is 0 Å². The number of anilines is 1. The maximum atomic E-state index is 11.6. The Hall–Kier alpha value is -2.89. The molecule has 0 radical (unpaired) electrons. The van der Waals surface area contributed by atoms with Gasteiger partial charge in [0.15, 0.2) is 11.5 Å². The van der Waals surface area contributed by atoms with Crippen LogP contribution < -0.4 is 10.6 Å². The molecule has 24 heavy (non-hydrogen) atoms. The molecule has 3 heterocycles. The number of hydrogen-bond donors (Lipinski definition) is 1. The maximum absolute atomic E-state index is 11.6. The van der Waals surface area contributed by atoms with Crippen LogP contribution in [-0.4, -0.2) is 29.0 Å². The van der Waals surface area contributed by atoms with Gasteiger partial charge in [-0.3, -0.25) is 9.78 Å². The van der Waals surface area contributed by atoms with E-state index in [0.717, 1.165) is 48.6 Å². The molecule has 4 rings (SSSR count). The van der Waals surface area contributed by atoms with Gasteiger partial charge >= 0.3 is 0 Å². The number of primary amides is 1. The van der Waals surface area contributed by atoms with Crippen LogP contribution in [0.2, 0.25) is 0 Å². The van der Waals surface area contributed by atoms with Crippen LogP contribution in [0, 0.1) is 0 Å². The molecule has 122 valence electrons. The highest BCUT2D eigenvalue weighted by atomic mass is 16.3. The molecular formula is C18H18N4O2. The maximum Gasteiger partial charge on any atom is 0.252 e. The third-order valence-corrected chi connectivity index (χ3v) is 4.56. The van der Waals surface area contributed by atoms with Crippen molar-refractivity contribution < 1.29 is 9.21 Å². The number of carbonyl (C=O) groups excluding carboxylic acids is 1. The van der Waals surface area contributed by atoms with E-state index in [1.807, 2.05) is 30.3 Å². The van der Waals surface area contributed by atoms with E-state index in [1.165, 1.54) is 6.20 Å². The molecule has 0 spiro atoms. The number of carbonyl (C=O) groups is 1. The molecule has 0 unspecified atom stereocenters. The minimum absolute atomic E-state index is 0.299. The molecule has 0 atom stereocenters. The number of rotatable bonds is 3. The zero-order valence-corrected chi connectivity index (χ0v) is 13.2. The summed E-state index contributed by atoms with van der Waals surface area (Å²) in [6.07, 6.45) is 5.07. The van der Waals surface area contributed by atoms with Crippen molar-refractivity contribution in [1.82, 2.24) is 9.97 Å². The van der Waals surface area contributed by atoms with Crippen molar-refractivity contribution in [3.05, 3.63) is 54.2 Å². The van der Waals surface area contributed by atoms with Crippen molar-refractivity contribution in [1.29, 1.82) is 0 Å². The molecule has 0 aliphatic carbocycles. The number of para-hydroxylation sites is 2. The van der Waals surface area contributed by atoms with Crippen LogP contribution in [0.4, 0.5) is 5.69 Å². The van der Waals surface area contributed by atoms with E-state index >= 15 is 0 Å². The average Bonchev–Trinajstić information content (AvgIpc) is 3.06. The van der Waals surface area contributed by atoms with Crippen molar-refractivity contribution >= 4 is 22.7 Å². The minimum Gasteiger partial charge on any atom is -0.440 e. The summed E-state index contributed by atoms with van der Waals surface area (Å²) in [5, 5.41) is 0. The van der Waals surface area contributed by atoms with Crippen LogP contribution in [0.3, 0.4) is 0 Å². The van der Waals surface area contributed by atoms with Crippen molar-refractivity contribution in [3.63, 3.8) is 0 Å². The Labute approximate surface area is 139 Å². The predicted molar refractivity (Wildman–Crippen MR) is 91.0 cm³/mol. The lowest BCUT2D eigenvalue weighted by Crippen LogP contribution is -2.34. The smallest absolute Gasteiger partial charge is 0.252 e. The first-order chi connectivity index (χ1) is 11.7. The lowest BCUT2D eigenvalue weighted by atomic mass is 9.96. The van der Waals surface area contributed by atoms with Gasteiger partial charge in [-0.2, -0.15) is 0 Å². The summed E-state index contributed by atoms with van der Waals surface area (Å²) in [5.41, 5.74) is 8.51. The van der Waals surface area contributed by atoms with E-state index in [0.29, 0.717) is 11.5 Å². The molecule has 0 saturated carbocycles. The number of oxazole rings is 1. The Kier molecular flexibility index (Phi) is 3.65. The third kappa shape index (κ3) is 2.60. The van der Waals surface area contributed by atoms with Gasteiger partial charge in [-0.1, -0.05) is 12.1 Å². The number of piperidine rings is 1. The van der Waals surface area contributed by atoms with E-state index in [9.17, 15) is 4.79 Å². The van der Waals surface area contributed by atoms with E-state index < -0.39 is 5.91 Å². The summed E-state index contributed by atoms with van der Waals surface area (Å²) >= 11 is 0. The monoisotopic (exact) mass is 322 g/mol. The van der Waals surface area contributed by atoms with Gasteiger partial charge in [0.1, 0.15) is 5.52 Å². The number of nitrogens with two attached hydrogens (primary N) is 1. The van der Waals surface area contributed by atoms with Gasteiger partial charge in [0.25, 0.3) is 5.91 Å². The molecule has 1 amide bonds. The second kappa shape index (κ2) is 5.96. The van der Waals surface area contributed by atoms with E-state index in [-0.39, 0.29) is 0 Å². The number of aromatic nitrogens is 2. The molecule has 6 heteroatoms. The summed E-state index contributed by atoms with van der Waals surface area (Å²) in [5.74, 6) is 0.660. The summed E-state index contributed by atoms with van der Waals surface area (Å²) < 4.78 is 5.90. The first-order valence-corrected chi connectivity index (χ1v) is 8.06. The topological polar surface area (TPSA) is 85.3 Å². The first-order valence-electron chi connectivity index (χ1n) is 8.06. The van der Waals surface area contributed by atoms with Crippen LogP contribution in [0.1, 0.15) is 35.0 Å². The Balaban J connectivity index is 1.52. The highest BCUT2D eigenvalue weighted by Gasteiger charge is 2.26. The molecule has 2 aromatic heterocycles. The predicted octanol–water partition coefficient (Wildman–Crippen LogP) is 2.71. The van der Waals surface area contributed by atoms with Crippen LogP contribution in [-0.2, 0) is 0 Å². The zero-order chi connectivity index (χ0) is 16.5. The van der Waals surface area contributed by atoms with Crippen molar-refractivity contribution in [3.8, 4) is 0 Å². The van der Waals surface area contributed by atoms with Crippen LogP contribution in [0.25, 0.3) is 11.1 Å². The Bertz CT molecular complexity index is 848. The van der Waals surface area contributed by atoms with Crippen molar-refractivity contribution in [2.24, 2.45) is 5.73 Å². The second-order valence-electron chi connectivity index (χ2n) is 6.04. The van der Waals surface area contributed by atoms with Crippen molar-refractivity contribution in [2.75, 3.05) is 18.0 Å². The summed E-state index contributed by atoms with van der Waals surface area (Å²) in [6.45, 7) is 1.65. The molecule has 1 aromatic carbocycles. The Morgan fingerprint density at radius 1 is 1.21 bits per heavy atom. The largest absolute Gasteiger partial charge is 0.440 e. The van der Waals surface area contributed by atoms with E-state index in [1.54, 1.807) is 6.20 Å². The van der Waals surface area contributed by atoms with Gasteiger partial charge in [-0.25, -0.2) is 4.98 Å². The third-order valence-electron chi connectivity index (χ3n) is 4.56. The Morgan fingerprint density at radius 3 is 2.75 bits per heavy atom. The van der Waals surface area contributed by atoms with Crippen LogP contribution >= 0.6 is 0 Å². The number of amides is 1. The molecule has 1 aliphatic heterocycles. The number of pyridine rings is 1. The lowest BCUT2D eigenvalue weighted by Gasteiger charge is -2.33. The molecule has 3 aromatic rings. The summed E-state index contributed by atoms with van der Waals surface area (Å²) in [6, 6.07) is 9.67. The number of nitrogens with zero attached hydrogens (tertiary/aromatic N) is 3. The lowest BCUT2D eigenvalue weighted by molar-refractivity contribution is 0.100. The fraction of sp³-hybridized carbons (Fsp3) is 0.278.